The molecular weight excluding hydrogens is 212 g/mol. The highest BCUT2D eigenvalue weighted by molar-refractivity contribution is 6.25. The minimum Gasteiger partial charge on any atom is -0.326 e. The van der Waals surface area contributed by atoms with E-state index in [1.54, 1.807) is 0 Å². The average molecular weight is 226 g/mol. The van der Waals surface area contributed by atoms with Gasteiger partial charge in [0.15, 0.2) is 0 Å². The molecule has 0 aliphatic carbocycles. The lowest BCUT2D eigenvalue weighted by atomic mass is 10.0. The van der Waals surface area contributed by atoms with Crippen LogP contribution in [0.3, 0.4) is 0 Å². The molecule has 0 aromatic heterocycles. The second kappa shape index (κ2) is 3.57. The van der Waals surface area contributed by atoms with Crippen LogP contribution in [0, 0.1) is 0 Å². The van der Waals surface area contributed by atoms with Gasteiger partial charge in [0.05, 0.1) is 5.69 Å². The van der Waals surface area contributed by atoms with Gasteiger partial charge in [-0.25, -0.2) is 0 Å². The molecule has 0 fully saturated rings. The van der Waals surface area contributed by atoms with Gasteiger partial charge in [-0.1, -0.05) is 18.2 Å². The highest BCUT2D eigenvalue weighted by Gasteiger charge is 2.28. The maximum Gasteiger partial charge on any atom is 0.258 e. The predicted octanol–water partition coefficient (Wildman–Crippen LogP) is 2.28. The molecule has 0 spiro atoms. The van der Waals surface area contributed by atoms with Gasteiger partial charge < -0.3 is 10.6 Å². The highest BCUT2D eigenvalue weighted by atomic mass is 16.2. The Balaban J connectivity index is 2.42. The molecule has 3 rings (SSSR count). The van der Waals surface area contributed by atoms with Gasteiger partial charge in [-0.15, -0.1) is 0 Å². The normalized spacial score (nSPS) is 13.8. The lowest BCUT2D eigenvalue weighted by molar-refractivity contribution is 0.0994. The lowest BCUT2D eigenvalue weighted by Gasteiger charge is -2.14. The summed E-state index contributed by atoms with van der Waals surface area (Å²) in [5.41, 5.74) is 8.65. The zero-order valence-electron chi connectivity index (χ0n) is 9.73. The van der Waals surface area contributed by atoms with Gasteiger partial charge in [-0.2, -0.15) is 0 Å². The topological polar surface area (TPSA) is 46.3 Å². The zero-order chi connectivity index (χ0) is 12.0. The Hall–Kier alpha value is -1.87. The molecule has 0 unspecified atom stereocenters. The van der Waals surface area contributed by atoms with Crippen LogP contribution in [0.2, 0.25) is 0 Å². The highest BCUT2D eigenvalue weighted by Crippen LogP contribution is 2.38. The first-order chi connectivity index (χ1) is 8.27. The number of benzene rings is 2. The first-order valence-electron chi connectivity index (χ1n) is 5.84. The first-order valence-corrected chi connectivity index (χ1v) is 5.84. The van der Waals surface area contributed by atoms with Crippen molar-refractivity contribution < 1.29 is 4.79 Å². The third kappa shape index (κ3) is 1.23. The van der Waals surface area contributed by atoms with Gasteiger partial charge in [0, 0.05) is 24.0 Å². The van der Waals surface area contributed by atoms with Crippen molar-refractivity contribution >= 4 is 22.4 Å². The van der Waals surface area contributed by atoms with Gasteiger partial charge in [0.25, 0.3) is 5.91 Å². The van der Waals surface area contributed by atoms with Crippen molar-refractivity contribution in [2.24, 2.45) is 5.73 Å². The van der Waals surface area contributed by atoms with E-state index in [-0.39, 0.29) is 5.91 Å². The summed E-state index contributed by atoms with van der Waals surface area (Å²) in [6.07, 6.45) is 0. The van der Waals surface area contributed by atoms with E-state index in [1.165, 1.54) is 0 Å². The van der Waals surface area contributed by atoms with E-state index in [0.717, 1.165) is 27.6 Å². The van der Waals surface area contributed by atoms with Crippen LogP contribution < -0.4 is 10.6 Å². The number of nitrogens with two attached hydrogens (primary N) is 1. The minimum absolute atomic E-state index is 0.0993. The van der Waals surface area contributed by atoms with Crippen molar-refractivity contribution in [2.75, 3.05) is 11.4 Å². The van der Waals surface area contributed by atoms with Crippen molar-refractivity contribution in [2.45, 2.75) is 13.5 Å². The second-order valence-electron chi connectivity index (χ2n) is 4.23. The molecule has 2 aromatic rings. The molecule has 0 saturated carbocycles. The van der Waals surface area contributed by atoms with E-state index in [9.17, 15) is 4.79 Å². The van der Waals surface area contributed by atoms with Crippen LogP contribution in [0.4, 0.5) is 5.69 Å². The Labute approximate surface area is 99.8 Å². The molecule has 17 heavy (non-hydrogen) atoms. The van der Waals surface area contributed by atoms with Gasteiger partial charge >= 0.3 is 0 Å². The summed E-state index contributed by atoms with van der Waals surface area (Å²) in [5.74, 6) is 0.0993. The fourth-order valence-electron chi connectivity index (χ4n) is 2.60. The molecule has 1 amide bonds. The number of carbonyl (C=O) groups is 1. The van der Waals surface area contributed by atoms with Crippen LogP contribution in [0.5, 0.6) is 0 Å². The number of rotatable bonds is 2. The van der Waals surface area contributed by atoms with E-state index in [4.69, 9.17) is 5.73 Å². The predicted molar refractivity (Wildman–Crippen MR) is 69.2 cm³/mol. The molecule has 1 aliphatic heterocycles. The number of anilines is 1. The first kappa shape index (κ1) is 10.3. The summed E-state index contributed by atoms with van der Waals surface area (Å²) < 4.78 is 0. The molecule has 0 atom stereocenters. The van der Waals surface area contributed by atoms with E-state index in [2.05, 4.69) is 0 Å². The summed E-state index contributed by atoms with van der Waals surface area (Å²) in [4.78, 5) is 14.0. The van der Waals surface area contributed by atoms with Crippen LogP contribution in [-0.2, 0) is 6.54 Å². The van der Waals surface area contributed by atoms with Gasteiger partial charge in [-0.3, -0.25) is 4.79 Å². The van der Waals surface area contributed by atoms with Crippen molar-refractivity contribution in [1.29, 1.82) is 0 Å². The van der Waals surface area contributed by atoms with E-state index in [1.807, 2.05) is 42.2 Å². The van der Waals surface area contributed by atoms with Crippen LogP contribution >= 0.6 is 0 Å². The third-order valence-corrected chi connectivity index (χ3v) is 3.41. The Kier molecular flexibility index (Phi) is 2.16. The standard InChI is InChI=1S/C14H14N2O/c1-2-16-12-5-3-4-10-9(8-15)6-7-11(13(10)12)14(16)17/h3-7H,2,8,15H2,1H3. The SMILES string of the molecule is CCN1C(=O)c2ccc(CN)c3cccc1c23. The molecule has 3 heteroatoms. The van der Waals surface area contributed by atoms with Crippen molar-refractivity contribution in [1.82, 2.24) is 0 Å². The van der Waals surface area contributed by atoms with Crippen molar-refractivity contribution in [3.05, 3.63) is 41.5 Å². The molecule has 0 radical (unpaired) electrons. The average Bonchev–Trinajstić information content (AvgIpc) is 2.65. The Bertz CT molecular complexity index is 619. The molecule has 0 bridgehead atoms. The van der Waals surface area contributed by atoms with E-state index < -0.39 is 0 Å². The van der Waals surface area contributed by atoms with Crippen LogP contribution in [0.1, 0.15) is 22.8 Å². The maximum atomic E-state index is 12.2. The number of hydrogen-bond donors (Lipinski definition) is 1. The second-order valence-corrected chi connectivity index (χ2v) is 4.23. The maximum absolute atomic E-state index is 12.2. The summed E-state index contributed by atoms with van der Waals surface area (Å²) in [6, 6.07) is 9.88. The Morgan fingerprint density at radius 3 is 2.76 bits per heavy atom. The van der Waals surface area contributed by atoms with Crippen LogP contribution in [0.15, 0.2) is 30.3 Å². The van der Waals surface area contributed by atoms with Crippen LogP contribution in [-0.4, -0.2) is 12.5 Å². The lowest BCUT2D eigenvalue weighted by Crippen LogP contribution is -2.25. The fourth-order valence-corrected chi connectivity index (χ4v) is 2.60. The van der Waals surface area contributed by atoms with Crippen molar-refractivity contribution in [3.63, 3.8) is 0 Å². The fraction of sp³-hybridized carbons (Fsp3) is 0.214. The molecule has 2 aromatic carbocycles. The number of hydrogen-bond acceptors (Lipinski definition) is 2. The Morgan fingerprint density at radius 2 is 2.06 bits per heavy atom. The van der Waals surface area contributed by atoms with E-state index in [0.29, 0.717) is 13.1 Å². The summed E-state index contributed by atoms with van der Waals surface area (Å²) in [6.45, 7) is 3.19. The number of amides is 1. The molecule has 1 aliphatic rings. The zero-order valence-corrected chi connectivity index (χ0v) is 9.73. The Morgan fingerprint density at radius 1 is 1.24 bits per heavy atom. The third-order valence-electron chi connectivity index (χ3n) is 3.41. The summed E-state index contributed by atoms with van der Waals surface area (Å²) in [7, 11) is 0. The van der Waals surface area contributed by atoms with Gasteiger partial charge in [0.1, 0.15) is 0 Å². The molecule has 0 saturated heterocycles. The smallest absolute Gasteiger partial charge is 0.258 e. The molecular formula is C14H14N2O. The quantitative estimate of drug-likeness (QED) is 0.853. The molecule has 3 nitrogen and oxygen atoms in total. The largest absolute Gasteiger partial charge is 0.326 e. The summed E-state index contributed by atoms with van der Waals surface area (Å²) >= 11 is 0. The number of carbonyl (C=O) groups excluding carboxylic acids is 1. The van der Waals surface area contributed by atoms with Gasteiger partial charge in [0.2, 0.25) is 0 Å². The van der Waals surface area contributed by atoms with Crippen molar-refractivity contribution in [3.8, 4) is 0 Å². The number of nitrogens with zero attached hydrogens (tertiary/aromatic N) is 1. The molecule has 2 N–H and O–H groups in total. The van der Waals surface area contributed by atoms with Gasteiger partial charge in [-0.05, 0) is 30.0 Å². The minimum atomic E-state index is 0.0993. The van der Waals surface area contributed by atoms with E-state index >= 15 is 0 Å². The summed E-state index contributed by atoms with van der Waals surface area (Å²) in [5, 5.41) is 2.16. The molecule has 86 valence electrons. The van der Waals surface area contributed by atoms with Crippen LogP contribution in [0.25, 0.3) is 10.8 Å². The molecule has 1 heterocycles. The monoisotopic (exact) mass is 226 g/mol.